The van der Waals surface area contributed by atoms with Crippen LogP contribution in [0.25, 0.3) is 6.08 Å². The zero-order valence-electron chi connectivity index (χ0n) is 17.5. The number of aromatic amines is 1. The van der Waals surface area contributed by atoms with Gasteiger partial charge in [0.05, 0.1) is 11.8 Å². The highest BCUT2D eigenvalue weighted by Crippen LogP contribution is 2.33. The summed E-state index contributed by atoms with van der Waals surface area (Å²) in [6.45, 7) is 3.90. The van der Waals surface area contributed by atoms with Gasteiger partial charge in [-0.25, -0.2) is 4.98 Å². The van der Waals surface area contributed by atoms with E-state index < -0.39 is 0 Å². The predicted octanol–water partition coefficient (Wildman–Crippen LogP) is 6.06. The van der Waals surface area contributed by atoms with Gasteiger partial charge in [0.1, 0.15) is 5.75 Å². The third-order valence-electron chi connectivity index (χ3n) is 5.69. The van der Waals surface area contributed by atoms with E-state index in [4.69, 9.17) is 4.74 Å². The summed E-state index contributed by atoms with van der Waals surface area (Å²) in [6.07, 6.45) is 10.5. The molecule has 0 bridgehead atoms. The first-order valence-electron chi connectivity index (χ1n) is 10.5. The number of allylic oxidation sites excluding steroid dienone is 1. The van der Waals surface area contributed by atoms with E-state index in [1.807, 2.05) is 44.2 Å². The van der Waals surface area contributed by atoms with E-state index in [9.17, 15) is 4.79 Å². The number of ether oxygens (including phenoxy) is 1. The second-order valence-corrected chi connectivity index (χ2v) is 8.13. The zero-order chi connectivity index (χ0) is 20.9. The maximum atomic E-state index is 12.5. The van der Waals surface area contributed by atoms with Crippen LogP contribution in [0.15, 0.2) is 54.4 Å². The fourth-order valence-corrected chi connectivity index (χ4v) is 3.94. The maximum absolute atomic E-state index is 12.5. The number of carbonyl (C=O) groups is 1. The highest BCUT2D eigenvalue weighted by molar-refractivity contribution is 5.96. The van der Waals surface area contributed by atoms with Crippen LogP contribution >= 0.6 is 0 Å². The number of nitrogens with one attached hydrogen (secondary N) is 1. The summed E-state index contributed by atoms with van der Waals surface area (Å²) in [4.78, 5) is 16.8. The van der Waals surface area contributed by atoms with E-state index in [1.54, 1.807) is 12.4 Å². The SMILES string of the molecule is Cc1ccc(Oc2cccc(C=C3CCC(CC(=O)c4cn[nH]c4C)CC3)c2)nc1. The highest BCUT2D eigenvalue weighted by atomic mass is 16.5. The van der Waals surface area contributed by atoms with Crippen LogP contribution in [0.3, 0.4) is 0 Å². The lowest BCUT2D eigenvalue weighted by Crippen LogP contribution is -2.13. The Kier molecular flexibility index (Phi) is 6.07. The van der Waals surface area contributed by atoms with Gasteiger partial charge in [-0.15, -0.1) is 0 Å². The Morgan fingerprint density at radius 2 is 2.00 bits per heavy atom. The molecule has 0 radical (unpaired) electrons. The van der Waals surface area contributed by atoms with E-state index in [0.29, 0.717) is 18.2 Å². The first-order chi connectivity index (χ1) is 14.6. The molecule has 0 aliphatic heterocycles. The molecular formula is C25H27N3O2. The second-order valence-electron chi connectivity index (χ2n) is 8.13. The largest absolute Gasteiger partial charge is 0.439 e. The molecule has 0 unspecified atom stereocenters. The van der Waals surface area contributed by atoms with E-state index in [2.05, 4.69) is 27.3 Å². The minimum atomic E-state index is 0.202. The van der Waals surface area contributed by atoms with Crippen molar-refractivity contribution in [3.05, 3.63) is 76.7 Å². The van der Waals surface area contributed by atoms with Crippen LogP contribution in [0, 0.1) is 19.8 Å². The van der Waals surface area contributed by atoms with Crippen molar-refractivity contribution < 1.29 is 9.53 Å². The lowest BCUT2D eigenvalue weighted by Gasteiger charge is -2.23. The number of benzene rings is 1. The number of rotatable bonds is 6. The Bertz CT molecular complexity index is 1040. The molecule has 1 aromatic carbocycles. The normalized spacial score (nSPS) is 16.3. The summed E-state index contributed by atoms with van der Waals surface area (Å²) in [6, 6.07) is 12.0. The Morgan fingerprint density at radius 1 is 1.17 bits per heavy atom. The van der Waals surface area contributed by atoms with Gasteiger partial charge < -0.3 is 4.74 Å². The van der Waals surface area contributed by atoms with Crippen molar-refractivity contribution in [2.24, 2.45) is 5.92 Å². The molecule has 1 saturated carbocycles. The van der Waals surface area contributed by atoms with Crippen molar-refractivity contribution >= 4 is 11.9 Å². The Balaban J connectivity index is 1.34. The fraction of sp³-hybridized carbons (Fsp3) is 0.320. The number of aryl methyl sites for hydroxylation is 2. The quantitative estimate of drug-likeness (QED) is 0.510. The van der Waals surface area contributed by atoms with Crippen LogP contribution in [0.5, 0.6) is 11.6 Å². The van der Waals surface area contributed by atoms with Gasteiger partial charge in [-0.3, -0.25) is 9.89 Å². The van der Waals surface area contributed by atoms with Crippen LogP contribution in [0.1, 0.15) is 59.3 Å². The molecule has 5 heteroatoms. The van der Waals surface area contributed by atoms with Gasteiger partial charge in [0.2, 0.25) is 5.88 Å². The van der Waals surface area contributed by atoms with E-state index >= 15 is 0 Å². The van der Waals surface area contributed by atoms with Gasteiger partial charge in [-0.1, -0.05) is 29.8 Å². The van der Waals surface area contributed by atoms with Crippen molar-refractivity contribution in [1.29, 1.82) is 0 Å². The smallest absolute Gasteiger partial charge is 0.219 e. The van der Waals surface area contributed by atoms with E-state index in [0.717, 1.165) is 53.8 Å². The molecule has 3 aromatic rings. The number of ketones is 1. The molecule has 2 heterocycles. The standard InChI is InChI=1S/C25H27N3O2/c1-17-6-11-25(26-15-17)30-22-5-3-4-21(13-22)12-19-7-9-20(10-8-19)14-24(29)23-16-27-28-18(23)2/h3-6,11-13,15-16,20H,7-10,14H2,1-2H3,(H,27,28). The minimum absolute atomic E-state index is 0.202. The lowest BCUT2D eigenvalue weighted by atomic mass is 9.82. The predicted molar refractivity (Wildman–Crippen MR) is 118 cm³/mol. The number of nitrogens with zero attached hydrogens (tertiary/aromatic N) is 2. The second kappa shape index (κ2) is 9.08. The molecule has 1 aliphatic carbocycles. The number of hydrogen-bond acceptors (Lipinski definition) is 4. The third-order valence-corrected chi connectivity index (χ3v) is 5.69. The molecule has 0 atom stereocenters. The molecule has 5 nitrogen and oxygen atoms in total. The van der Waals surface area contributed by atoms with Gasteiger partial charge in [0, 0.05) is 24.4 Å². The van der Waals surface area contributed by atoms with Crippen molar-refractivity contribution in [2.45, 2.75) is 46.0 Å². The van der Waals surface area contributed by atoms with Crippen LogP contribution in [-0.2, 0) is 0 Å². The average molecular weight is 402 g/mol. The molecule has 30 heavy (non-hydrogen) atoms. The molecule has 4 rings (SSSR count). The average Bonchev–Trinajstić information content (AvgIpc) is 3.18. The number of aromatic nitrogens is 3. The molecular weight excluding hydrogens is 374 g/mol. The third kappa shape index (κ3) is 5.03. The molecule has 2 aromatic heterocycles. The molecule has 0 amide bonds. The number of carbonyl (C=O) groups excluding carboxylic acids is 1. The van der Waals surface area contributed by atoms with Crippen molar-refractivity contribution in [2.75, 3.05) is 0 Å². The molecule has 1 aliphatic rings. The minimum Gasteiger partial charge on any atom is -0.439 e. The molecule has 0 saturated heterocycles. The molecule has 1 N–H and O–H groups in total. The first kappa shape index (κ1) is 20.1. The summed E-state index contributed by atoms with van der Waals surface area (Å²) in [7, 11) is 0. The van der Waals surface area contributed by atoms with Gasteiger partial charge >= 0.3 is 0 Å². The summed E-state index contributed by atoms with van der Waals surface area (Å²) >= 11 is 0. The van der Waals surface area contributed by atoms with Crippen molar-refractivity contribution in [1.82, 2.24) is 15.2 Å². The van der Waals surface area contributed by atoms with Gasteiger partial charge in [-0.05, 0) is 68.7 Å². The van der Waals surface area contributed by atoms with Crippen LogP contribution in [0.2, 0.25) is 0 Å². The highest BCUT2D eigenvalue weighted by Gasteiger charge is 2.21. The van der Waals surface area contributed by atoms with Crippen molar-refractivity contribution in [3.63, 3.8) is 0 Å². The molecule has 154 valence electrons. The Hall–Kier alpha value is -3.21. The summed E-state index contributed by atoms with van der Waals surface area (Å²) < 4.78 is 5.88. The Labute approximate surface area is 177 Å². The molecule has 1 fully saturated rings. The van der Waals surface area contributed by atoms with E-state index in [-0.39, 0.29) is 5.78 Å². The van der Waals surface area contributed by atoms with Gasteiger partial charge in [0.25, 0.3) is 0 Å². The van der Waals surface area contributed by atoms with Gasteiger partial charge in [-0.2, -0.15) is 5.10 Å². The summed E-state index contributed by atoms with van der Waals surface area (Å²) in [5.74, 6) is 2.04. The zero-order valence-corrected chi connectivity index (χ0v) is 17.5. The lowest BCUT2D eigenvalue weighted by molar-refractivity contribution is 0.0953. The van der Waals surface area contributed by atoms with Gasteiger partial charge in [0.15, 0.2) is 5.78 Å². The summed E-state index contributed by atoms with van der Waals surface area (Å²) in [5.41, 5.74) is 5.27. The van der Waals surface area contributed by atoms with E-state index in [1.165, 1.54) is 5.57 Å². The topological polar surface area (TPSA) is 67.9 Å². The number of Topliss-reactive ketones (excluding diaryl/α,β-unsaturated/α-hetero) is 1. The maximum Gasteiger partial charge on any atom is 0.219 e. The number of hydrogen-bond donors (Lipinski definition) is 1. The number of H-pyrrole nitrogens is 1. The molecule has 0 spiro atoms. The summed E-state index contributed by atoms with van der Waals surface area (Å²) in [5, 5.41) is 6.81. The fourth-order valence-electron chi connectivity index (χ4n) is 3.94. The number of pyridine rings is 1. The van der Waals surface area contributed by atoms with Crippen LogP contribution in [0.4, 0.5) is 0 Å². The van der Waals surface area contributed by atoms with Crippen LogP contribution < -0.4 is 4.74 Å². The van der Waals surface area contributed by atoms with Crippen LogP contribution in [-0.4, -0.2) is 21.0 Å². The first-order valence-corrected chi connectivity index (χ1v) is 10.5. The monoisotopic (exact) mass is 401 g/mol. The van der Waals surface area contributed by atoms with Crippen molar-refractivity contribution in [3.8, 4) is 11.6 Å². The Morgan fingerprint density at radius 3 is 2.70 bits per heavy atom.